The molecular weight excluding hydrogens is 325 g/mol. The third-order valence-electron chi connectivity index (χ3n) is 4.15. The summed E-state index contributed by atoms with van der Waals surface area (Å²) in [7, 11) is 0. The number of fused-ring (bicyclic) bond motifs is 1. The summed E-state index contributed by atoms with van der Waals surface area (Å²) in [5.74, 6) is 0.745. The highest BCUT2D eigenvalue weighted by Gasteiger charge is 2.23. The van der Waals surface area contributed by atoms with Crippen LogP contribution in [-0.2, 0) is 6.54 Å². The number of nitrogens with two attached hydrogens (primary N) is 1. The molecule has 1 aliphatic rings. The van der Waals surface area contributed by atoms with Crippen LogP contribution in [0, 0.1) is 11.7 Å². The van der Waals surface area contributed by atoms with Crippen molar-refractivity contribution in [1.82, 2.24) is 15.1 Å². The molecule has 134 valence electrons. The third-order valence-corrected chi connectivity index (χ3v) is 4.15. The van der Waals surface area contributed by atoms with E-state index < -0.39 is 5.91 Å². The number of rotatable bonds is 7. The normalized spacial score (nSPS) is 17.4. The first-order valence-corrected chi connectivity index (χ1v) is 8.24. The maximum atomic E-state index is 13.1. The topological polar surface area (TPSA) is 94.2 Å². The number of halogens is 1. The zero-order valence-electron chi connectivity index (χ0n) is 14.0. The van der Waals surface area contributed by atoms with Gasteiger partial charge in [0.05, 0.1) is 6.20 Å². The predicted molar refractivity (Wildman–Crippen MR) is 92.1 cm³/mol. The minimum atomic E-state index is -0.478. The molecule has 0 bridgehead atoms. The van der Waals surface area contributed by atoms with Crippen molar-refractivity contribution in [3.8, 4) is 5.75 Å². The Kier molecular flexibility index (Phi) is 5.18. The van der Waals surface area contributed by atoms with Crippen molar-refractivity contribution in [3.05, 3.63) is 41.8 Å². The summed E-state index contributed by atoms with van der Waals surface area (Å²) in [6.07, 6.45) is 1.50. The number of carbonyl (C=O) groups is 1. The van der Waals surface area contributed by atoms with E-state index in [4.69, 9.17) is 10.5 Å². The van der Waals surface area contributed by atoms with Crippen LogP contribution < -0.4 is 21.1 Å². The van der Waals surface area contributed by atoms with E-state index in [1.54, 1.807) is 16.8 Å². The lowest BCUT2D eigenvalue weighted by molar-refractivity contribution is 0.100. The summed E-state index contributed by atoms with van der Waals surface area (Å²) >= 11 is 0. The quantitative estimate of drug-likeness (QED) is 0.700. The second-order valence-electron chi connectivity index (χ2n) is 6.28. The minimum Gasteiger partial charge on any atom is -0.492 e. The van der Waals surface area contributed by atoms with Crippen LogP contribution in [0.2, 0.25) is 0 Å². The van der Waals surface area contributed by atoms with Gasteiger partial charge in [0.15, 0.2) is 0 Å². The first-order valence-electron chi connectivity index (χ1n) is 8.24. The lowest BCUT2D eigenvalue weighted by Gasteiger charge is -2.27. The minimum absolute atomic E-state index is 0.114. The van der Waals surface area contributed by atoms with Gasteiger partial charge in [0.1, 0.15) is 29.6 Å². The number of aromatic nitrogens is 2. The monoisotopic (exact) mass is 347 g/mol. The fourth-order valence-electron chi connectivity index (χ4n) is 2.78. The number of nitrogens with zero attached hydrogens (tertiary/aromatic N) is 2. The van der Waals surface area contributed by atoms with E-state index in [1.807, 2.05) is 6.92 Å². The summed E-state index contributed by atoms with van der Waals surface area (Å²) in [6.45, 7) is 4.67. The lowest BCUT2D eigenvalue weighted by atomic mass is 10.1. The highest BCUT2D eigenvalue weighted by molar-refractivity contribution is 5.97. The molecule has 8 heteroatoms. The number of nitrogens with one attached hydrogen (secondary N) is 2. The third kappa shape index (κ3) is 4.27. The molecule has 0 spiro atoms. The molecule has 0 fully saturated rings. The van der Waals surface area contributed by atoms with Gasteiger partial charge >= 0.3 is 0 Å². The number of carbonyl (C=O) groups excluding carboxylic acids is 1. The number of anilines is 1. The van der Waals surface area contributed by atoms with Crippen molar-refractivity contribution in [2.75, 3.05) is 25.0 Å². The number of ether oxygens (including phenoxy) is 1. The van der Waals surface area contributed by atoms with Crippen LogP contribution in [0.4, 0.5) is 10.2 Å². The van der Waals surface area contributed by atoms with Crippen LogP contribution in [0.15, 0.2) is 30.5 Å². The Morgan fingerprint density at radius 1 is 1.60 bits per heavy atom. The molecule has 3 rings (SSSR count). The first kappa shape index (κ1) is 17.2. The molecule has 2 heterocycles. The molecule has 1 aromatic heterocycles. The highest BCUT2D eigenvalue weighted by atomic mass is 19.1. The zero-order chi connectivity index (χ0) is 17.8. The molecule has 25 heavy (non-hydrogen) atoms. The van der Waals surface area contributed by atoms with E-state index in [-0.39, 0.29) is 11.9 Å². The Morgan fingerprint density at radius 2 is 2.44 bits per heavy atom. The summed E-state index contributed by atoms with van der Waals surface area (Å²) in [6, 6.07) is 6.23. The molecule has 1 aromatic carbocycles. The molecule has 1 aliphatic heterocycles. The number of hydrogen-bond acceptors (Lipinski definition) is 5. The van der Waals surface area contributed by atoms with E-state index in [0.29, 0.717) is 36.2 Å². The maximum Gasteiger partial charge on any atom is 0.254 e. The highest BCUT2D eigenvalue weighted by Crippen LogP contribution is 2.21. The van der Waals surface area contributed by atoms with Gasteiger partial charge in [-0.15, -0.1) is 0 Å². The van der Waals surface area contributed by atoms with Crippen LogP contribution in [0.25, 0.3) is 0 Å². The number of amides is 1. The van der Waals surface area contributed by atoms with Gasteiger partial charge in [-0.05, 0) is 19.1 Å². The second-order valence-corrected chi connectivity index (χ2v) is 6.28. The summed E-state index contributed by atoms with van der Waals surface area (Å²) in [5, 5.41) is 10.8. The Balaban J connectivity index is 1.45. The molecule has 0 unspecified atom stereocenters. The van der Waals surface area contributed by atoms with Gasteiger partial charge in [-0.25, -0.2) is 9.07 Å². The van der Waals surface area contributed by atoms with Gasteiger partial charge in [0.25, 0.3) is 5.91 Å². The van der Waals surface area contributed by atoms with Crippen molar-refractivity contribution in [2.24, 2.45) is 11.7 Å². The summed E-state index contributed by atoms with van der Waals surface area (Å²) in [4.78, 5) is 11.3. The predicted octanol–water partition coefficient (Wildman–Crippen LogP) is 1.22. The molecule has 2 aromatic rings. The van der Waals surface area contributed by atoms with Gasteiger partial charge in [0, 0.05) is 37.7 Å². The lowest BCUT2D eigenvalue weighted by Crippen LogP contribution is -2.40. The summed E-state index contributed by atoms with van der Waals surface area (Å²) in [5.41, 5.74) is 5.74. The zero-order valence-corrected chi connectivity index (χ0v) is 14.0. The Bertz CT molecular complexity index is 748. The SMILES string of the molecule is C[C@H](COc1cccc(F)c1)NC[C@@H]1CNc2c(C(N)=O)cnn2C1. The molecule has 1 amide bonds. The van der Waals surface area contributed by atoms with Gasteiger partial charge in [-0.2, -0.15) is 5.10 Å². The molecule has 4 N–H and O–H groups in total. The fraction of sp³-hybridized carbons (Fsp3) is 0.412. The molecule has 7 nitrogen and oxygen atoms in total. The van der Waals surface area contributed by atoms with E-state index in [9.17, 15) is 9.18 Å². The van der Waals surface area contributed by atoms with Crippen LogP contribution in [0.5, 0.6) is 5.75 Å². The van der Waals surface area contributed by atoms with Crippen molar-refractivity contribution in [3.63, 3.8) is 0 Å². The second kappa shape index (κ2) is 7.52. The van der Waals surface area contributed by atoms with Crippen molar-refractivity contribution in [1.29, 1.82) is 0 Å². The van der Waals surface area contributed by atoms with E-state index in [1.165, 1.54) is 18.3 Å². The van der Waals surface area contributed by atoms with Gasteiger partial charge in [0.2, 0.25) is 0 Å². The van der Waals surface area contributed by atoms with Crippen molar-refractivity contribution >= 4 is 11.7 Å². The average Bonchev–Trinajstić information content (AvgIpc) is 3.01. The number of hydrogen-bond donors (Lipinski definition) is 3. The van der Waals surface area contributed by atoms with Crippen LogP contribution in [0.3, 0.4) is 0 Å². The molecule has 0 saturated carbocycles. The molecule has 0 radical (unpaired) electrons. The van der Waals surface area contributed by atoms with Crippen LogP contribution in [0.1, 0.15) is 17.3 Å². The Morgan fingerprint density at radius 3 is 3.20 bits per heavy atom. The van der Waals surface area contributed by atoms with Gasteiger partial charge < -0.3 is 21.1 Å². The van der Waals surface area contributed by atoms with Gasteiger partial charge in [-0.1, -0.05) is 6.07 Å². The maximum absolute atomic E-state index is 13.1. The van der Waals surface area contributed by atoms with E-state index in [0.717, 1.165) is 13.1 Å². The Hall–Kier alpha value is -2.61. The van der Waals surface area contributed by atoms with Crippen LogP contribution >= 0.6 is 0 Å². The molecule has 0 aliphatic carbocycles. The van der Waals surface area contributed by atoms with Crippen molar-refractivity contribution in [2.45, 2.75) is 19.5 Å². The molecular formula is C17H22FN5O2. The average molecular weight is 347 g/mol. The largest absolute Gasteiger partial charge is 0.492 e. The van der Waals surface area contributed by atoms with Crippen LogP contribution in [-0.4, -0.2) is 41.4 Å². The number of primary amides is 1. The van der Waals surface area contributed by atoms with E-state index >= 15 is 0 Å². The van der Waals surface area contributed by atoms with E-state index in [2.05, 4.69) is 15.7 Å². The Labute approximate surface area is 145 Å². The first-order chi connectivity index (χ1) is 12.0. The summed E-state index contributed by atoms with van der Waals surface area (Å²) < 4.78 is 20.5. The van der Waals surface area contributed by atoms with Gasteiger partial charge in [-0.3, -0.25) is 4.79 Å². The number of benzene rings is 1. The standard InChI is InChI=1S/C17H22FN5O2/c1-11(10-25-14-4-2-3-13(18)5-14)20-6-12-7-21-17-15(16(19)24)8-22-23(17)9-12/h2-5,8,11-12,20-21H,6-7,9-10H2,1H3,(H2,19,24)/t11-,12-/m1/s1. The molecule has 0 saturated heterocycles. The van der Waals surface area contributed by atoms with Crippen molar-refractivity contribution < 1.29 is 13.9 Å². The molecule has 2 atom stereocenters. The fourth-order valence-corrected chi connectivity index (χ4v) is 2.78. The smallest absolute Gasteiger partial charge is 0.254 e.